The molecule has 1 aromatic carbocycles. The summed E-state index contributed by atoms with van der Waals surface area (Å²) in [6.07, 6.45) is 8.86. The van der Waals surface area contributed by atoms with Gasteiger partial charge in [-0.2, -0.15) is 0 Å². The molecular formula is C26H31N7O. The summed E-state index contributed by atoms with van der Waals surface area (Å²) in [5, 5.41) is 4.84. The minimum absolute atomic E-state index is 0.213. The molecule has 0 radical (unpaired) electrons. The normalized spacial score (nSPS) is 15.4. The van der Waals surface area contributed by atoms with Crippen LogP contribution >= 0.6 is 0 Å². The van der Waals surface area contributed by atoms with E-state index in [4.69, 9.17) is 5.73 Å². The van der Waals surface area contributed by atoms with Crippen molar-refractivity contribution in [2.75, 3.05) is 44.4 Å². The molecule has 176 valence electrons. The summed E-state index contributed by atoms with van der Waals surface area (Å²) in [4.78, 5) is 30.5. The van der Waals surface area contributed by atoms with Gasteiger partial charge in [-0.1, -0.05) is 12.1 Å². The van der Waals surface area contributed by atoms with Crippen molar-refractivity contribution in [2.45, 2.75) is 18.9 Å². The van der Waals surface area contributed by atoms with E-state index in [9.17, 15) is 4.79 Å². The van der Waals surface area contributed by atoms with Crippen LogP contribution in [0.3, 0.4) is 0 Å². The van der Waals surface area contributed by atoms with Crippen molar-refractivity contribution in [2.24, 2.45) is 10.7 Å². The zero-order chi connectivity index (χ0) is 24.1. The molecule has 1 saturated heterocycles. The smallest absolute Gasteiger partial charge is 0.257 e. The standard InChI is InChI=1S/C26H31N7O/c1-28-16-22(15-27)18-4-5-20-17-30-24(13-21(20)12-18)31-26(34)19-6-9-29-25(14-19)33-10-7-23(8-11-33)32(2)3/h4-6,9,12-17,23H,7-8,10-11,27H2,1-3H3,(H,30,31,34). The number of aliphatic imine (C=N–C) groups is 1. The average Bonchev–Trinajstić information content (AvgIpc) is 2.87. The number of hydrogen-bond acceptors (Lipinski definition) is 7. The summed E-state index contributed by atoms with van der Waals surface area (Å²) < 4.78 is 0. The van der Waals surface area contributed by atoms with Crippen molar-refractivity contribution < 1.29 is 4.79 Å². The Labute approximate surface area is 200 Å². The summed E-state index contributed by atoms with van der Waals surface area (Å²) in [7, 11) is 5.95. The molecule has 0 unspecified atom stereocenters. The first kappa shape index (κ1) is 23.4. The first-order valence-electron chi connectivity index (χ1n) is 11.4. The number of amides is 1. The van der Waals surface area contributed by atoms with E-state index in [1.54, 1.807) is 31.7 Å². The molecule has 0 saturated carbocycles. The third kappa shape index (κ3) is 5.23. The summed E-state index contributed by atoms with van der Waals surface area (Å²) in [5.41, 5.74) is 8.08. The van der Waals surface area contributed by atoms with E-state index in [0.717, 1.165) is 53.7 Å². The quantitative estimate of drug-likeness (QED) is 0.550. The molecule has 3 N–H and O–H groups in total. The molecule has 0 spiro atoms. The number of carbonyl (C=O) groups is 1. The molecule has 8 nitrogen and oxygen atoms in total. The number of allylic oxidation sites excluding steroid dienone is 1. The monoisotopic (exact) mass is 457 g/mol. The number of nitrogens with zero attached hydrogens (tertiary/aromatic N) is 5. The summed E-state index contributed by atoms with van der Waals surface area (Å²) >= 11 is 0. The predicted octanol–water partition coefficient (Wildman–Crippen LogP) is 3.41. The van der Waals surface area contributed by atoms with E-state index in [0.29, 0.717) is 17.4 Å². The molecule has 3 aromatic rings. The lowest BCUT2D eigenvalue weighted by molar-refractivity contribution is 0.102. The first-order chi connectivity index (χ1) is 16.5. The number of carbonyl (C=O) groups excluding carboxylic acids is 1. The van der Waals surface area contributed by atoms with Gasteiger partial charge in [-0.25, -0.2) is 9.97 Å². The topological polar surface area (TPSA) is 99.7 Å². The van der Waals surface area contributed by atoms with Gasteiger partial charge >= 0.3 is 0 Å². The highest BCUT2D eigenvalue weighted by atomic mass is 16.1. The fourth-order valence-corrected chi connectivity index (χ4v) is 4.27. The Morgan fingerprint density at radius 1 is 1.12 bits per heavy atom. The maximum atomic E-state index is 13.0. The van der Waals surface area contributed by atoms with E-state index in [2.05, 4.69) is 44.2 Å². The Morgan fingerprint density at radius 3 is 2.62 bits per heavy atom. The van der Waals surface area contributed by atoms with Crippen molar-refractivity contribution in [1.29, 1.82) is 0 Å². The van der Waals surface area contributed by atoms with Gasteiger partial charge in [0.25, 0.3) is 5.91 Å². The lowest BCUT2D eigenvalue weighted by Gasteiger charge is -2.35. The second-order valence-electron chi connectivity index (χ2n) is 8.68. The number of nitrogens with two attached hydrogens (primary N) is 1. The highest BCUT2D eigenvalue weighted by Gasteiger charge is 2.22. The van der Waals surface area contributed by atoms with Crippen LogP contribution in [0.5, 0.6) is 0 Å². The van der Waals surface area contributed by atoms with Crippen LogP contribution < -0.4 is 16.0 Å². The molecule has 1 aliphatic rings. The molecule has 2 aromatic heterocycles. The maximum absolute atomic E-state index is 13.0. The Balaban J connectivity index is 1.50. The zero-order valence-electron chi connectivity index (χ0n) is 19.9. The Hall–Kier alpha value is -3.78. The highest BCUT2D eigenvalue weighted by molar-refractivity contribution is 6.11. The molecule has 1 amide bonds. The van der Waals surface area contributed by atoms with Crippen molar-refractivity contribution in [3.8, 4) is 0 Å². The molecule has 34 heavy (non-hydrogen) atoms. The highest BCUT2D eigenvalue weighted by Crippen LogP contribution is 2.23. The maximum Gasteiger partial charge on any atom is 0.257 e. The second-order valence-corrected chi connectivity index (χ2v) is 8.68. The van der Waals surface area contributed by atoms with Crippen LogP contribution in [0.2, 0.25) is 0 Å². The van der Waals surface area contributed by atoms with Gasteiger partial charge in [-0.05, 0) is 62.2 Å². The Kier molecular flexibility index (Phi) is 7.18. The van der Waals surface area contributed by atoms with Crippen LogP contribution in [-0.2, 0) is 0 Å². The number of fused-ring (bicyclic) bond motifs is 1. The second kappa shape index (κ2) is 10.4. The molecule has 0 atom stereocenters. The largest absolute Gasteiger partial charge is 0.404 e. The number of rotatable bonds is 6. The number of benzene rings is 1. The van der Waals surface area contributed by atoms with Crippen LogP contribution in [0.4, 0.5) is 11.6 Å². The van der Waals surface area contributed by atoms with Gasteiger partial charge in [-0.3, -0.25) is 9.79 Å². The lowest BCUT2D eigenvalue weighted by atomic mass is 10.0. The molecule has 0 bridgehead atoms. The van der Waals surface area contributed by atoms with Crippen LogP contribution in [0, 0.1) is 0 Å². The minimum Gasteiger partial charge on any atom is -0.404 e. The van der Waals surface area contributed by atoms with E-state index < -0.39 is 0 Å². The number of hydrogen-bond donors (Lipinski definition) is 2. The van der Waals surface area contributed by atoms with Gasteiger partial charge in [0.05, 0.1) is 0 Å². The van der Waals surface area contributed by atoms with Gasteiger partial charge in [-0.15, -0.1) is 0 Å². The van der Waals surface area contributed by atoms with Crippen molar-refractivity contribution in [3.05, 3.63) is 66.1 Å². The fourth-order valence-electron chi connectivity index (χ4n) is 4.27. The number of piperidine rings is 1. The lowest BCUT2D eigenvalue weighted by Crippen LogP contribution is -2.42. The number of anilines is 2. The molecular weight excluding hydrogens is 426 g/mol. The van der Waals surface area contributed by atoms with Gasteiger partial charge in [0.1, 0.15) is 11.6 Å². The number of aromatic nitrogens is 2. The first-order valence-corrected chi connectivity index (χ1v) is 11.4. The predicted molar refractivity (Wildman–Crippen MR) is 139 cm³/mol. The molecule has 3 heterocycles. The van der Waals surface area contributed by atoms with Crippen molar-refractivity contribution in [1.82, 2.24) is 14.9 Å². The Bertz CT molecular complexity index is 1230. The van der Waals surface area contributed by atoms with E-state index in [1.165, 1.54) is 6.20 Å². The van der Waals surface area contributed by atoms with E-state index >= 15 is 0 Å². The van der Waals surface area contributed by atoms with Gasteiger partial charge in [0.15, 0.2) is 0 Å². The molecule has 0 aliphatic carbocycles. The van der Waals surface area contributed by atoms with Gasteiger partial charge in [0.2, 0.25) is 0 Å². The van der Waals surface area contributed by atoms with Gasteiger partial charge in [0, 0.05) is 67.5 Å². The SMILES string of the molecule is CN=CC(=CN)c1ccc2cnc(NC(=O)c3ccnc(N4CCC(N(C)C)CC4)c3)cc2c1. The molecule has 1 fully saturated rings. The molecule has 8 heteroatoms. The zero-order valence-corrected chi connectivity index (χ0v) is 19.9. The van der Waals surface area contributed by atoms with Crippen LogP contribution in [0.1, 0.15) is 28.8 Å². The average molecular weight is 458 g/mol. The number of pyridine rings is 2. The Morgan fingerprint density at radius 2 is 1.91 bits per heavy atom. The van der Waals surface area contributed by atoms with Gasteiger partial charge < -0.3 is 20.9 Å². The van der Waals surface area contributed by atoms with Crippen molar-refractivity contribution in [3.63, 3.8) is 0 Å². The van der Waals surface area contributed by atoms with E-state index in [-0.39, 0.29) is 5.91 Å². The van der Waals surface area contributed by atoms with Crippen LogP contribution in [0.15, 0.2) is 60.0 Å². The summed E-state index contributed by atoms with van der Waals surface area (Å²) in [5.74, 6) is 1.11. The van der Waals surface area contributed by atoms with Crippen molar-refractivity contribution >= 4 is 40.1 Å². The third-order valence-corrected chi connectivity index (χ3v) is 6.27. The third-order valence-electron chi connectivity index (χ3n) is 6.27. The molecule has 4 rings (SSSR count). The van der Waals surface area contributed by atoms with Crippen LogP contribution in [0.25, 0.3) is 16.3 Å². The number of nitrogens with one attached hydrogen (secondary N) is 1. The fraction of sp³-hybridized carbons (Fsp3) is 0.308. The summed E-state index contributed by atoms with van der Waals surface area (Å²) in [6, 6.07) is 12.0. The van der Waals surface area contributed by atoms with Crippen LogP contribution in [-0.4, -0.2) is 67.3 Å². The summed E-state index contributed by atoms with van der Waals surface area (Å²) in [6.45, 7) is 1.86. The van der Waals surface area contributed by atoms with E-state index in [1.807, 2.05) is 30.3 Å². The minimum atomic E-state index is -0.213. The molecule has 1 aliphatic heterocycles.